The Morgan fingerprint density at radius 2 is 2.00 bits per heavy atom. The van der Waals surface area contributed by atoms with E-state index in [2.05, 4.69) is 10.3 Å². The zero-order chi connectivity index (χ0) is 16.8. The van der Waals surface area contributed by atoms with E-state index in [0.29, 0.717) is 12.5 Å². The van der Waals surface area contributed by atoms with E-state index < -0.39 is 12.2 Å². The number of aromatic nitrogens is 1. The molecule has 1 aromatic rings. The third kappa shape index (κ3) is 2.78. The monoisotopic (exact) mass is 350 g/mol. The quantitative estimate of drug-likeness (QED) is 0.778. The van der Waals surface area contributed by atoms with E-state index in [4.69, 9.17) is 0 Å². The summed E-state index contributed by atoms with van der Waals surface area (Å²) in [4.78, 5) is 17.9. The molecule has 0 aliphatic heterocycles. The number of aliphatic hydroxyl groups excluding tert-OH is 2. The van der Waals surface area contributed by atoms with Crippen molar-refractivity contribution in [2.45, 2.75) is 63.6 Å². The molecule has 5 atom stereocenters. The summed E-state index contributed by atoms with van der Waals surface area (Å²) in [6.45, 7) is 2.50. The van der Waals surface area contributed by atoms with Crippen molar-refractivity contribution in [2.24, 2.45) is 17.8 Å². The number of nitrogens with zero attached hydrogens (tertiary/aromatic N) is 1. The van der Waals surface area contributed by atoms with Crippen LogP contribution >= 0.6 is 11.3 Å². The van der Waals surface area contributed by atoms with Crippen molar-refractivity contribution < 1.29 is 15.0 Å². The van der Waals surface area contributed by atoms with Gasteiger partial charge in [-0.05, 0) is 50.4 Å². The highest BCUT2D eigenvalue weighted by atomic mass is 32.1. The second-order valence-electron chi connectivity index (χ2n) is 7.79. The van der Waals surface area contributed by atoms with Crippen molar-refractivity contribution in [1.82, 2.24) is 10.3 Å². The summed E-state index contributed by atoms with van der Waals surface area (Å²) < 4.78 is 0. The first kappa shape index (κ1) is 16.5. The summed E-state index contributed by atoms with van der Waals surface area (Å²) in [6, 6.07) is 0. The summed E-state index contributed by atoms with van der Waals surface area (Å²) in [5.41, 5.74) is 0.836. The van der Waals surface area contributed by atoms with Crippen LogP contribution in [0.15, 0.2) is 0 Å². The number of rotatable bonds is 4. The third-order valence-electron chi connectivity index (χ3n) is 6.31. The Morgan fingerprint density at radius 1 is 1.25 bits per heavy atom. The Balaban J connectivity index is 1.37. The number of aryl methyl sites for hydroxylation is 1. The number of nitrogens with one attached hydrogen (secondary N) is 1. The molecule has 3 N–H and O–H groups in total. The van der Waals surface area contributed by atoms with E-state index in [9.17, 15) is 15.0 Å². The molecule has 0 saturated heterocycles. The van der Waals surface area contributed by atoms with Crippen LogP contribution in [-0.2, 0) is 0 Å². The summed E-state index contributed by atoms with van der Waals surface area (Å²) >= 11 is 1.55. The number of hydrogen-bond acceptors (Lipinski definition) is 5. The van der Waals surface area contributed by atoms with E-state index in [0.717, 1.165) is 28.4 Å². The SMILES string of the molecule is Cc1nc(C2CCCC2)sc1C(=O)NC[C@@H]1C[C@H]2C[C@@H]1[C@H](O)[C@@H]2O. The predicted molar refractivity (Wildman–Crippen MR) is 92.1 cm³/mol. The van der Waals surface area contributed by atoms with Gasteiger partial charge in [0.1, 0.15) is 4.88 Å². The molecule has 4 rings (SSSR count). The van der Waals surface area contributed by atoms with Crippen LogP contribution in [0.4, 0.5) is 0 Å². The molecule has 1 amide bonds. The van der Waals surface area contributed by atoms with Gasteiger partial charge >= 0.3 is 0 Å². The average molecular weight is 350 g/mol. The van der Waals surface area contributed by atoms with Gasteiger partial charge in [0.25, 0.3) is 5.91 Å². The van der Waals surface area contributed by atoms with Gasteiger partial charge in [-0.15, -0.1) is 11.3 Å². The fourth-order valence-corrected chi connectivity index (χ4v) is 6.10. The van der Waals surface area contributed by atoms with E-state index in [-0.39, 0.29) is 23.7 Å². The number of thiazole rings is 1. The van der Waals surface area contributed by atoms with Gasteiger partial charge in [0.05, 0.1) is 22.9 Å². The largest absolute Gasteiger partial charge is 0.390 e. The zero-order valence-electron chi connectivity index (χ0n) is 14.1. The van der Waals surface area contributed by atoms with E-state index in [1.165, 1.54) is 25.7 Å². The fraction of sp³-hybridized carbons (Fsp3) is 0.778. The first-order chi connectivity index (χ1) is 11.5. The Bertz CT molecular complexity index is 624. The summed E-state index contributed by atoms with van der Waals surface area (Å²) in [7, 11) is 0. The van der Waals surface area contributed by atoms with Gasteiger partial charge in [-0.2, -0.15) is 0 Å². The van der Waals surface area contributed by atoms with Gasteiger partial charge in [0.2, 0.25) is 0 Å². The maximum atomic E-state index is 12.5. The first-order valence-electron chi connectivity index (χ1n) is 9.16. The van der Waals surface area contributed by atoms with E-state index in [1.807, 2.05) is 6.92 Å². The van der Waals surface area contributed by atoms with Gasteiger partial charge in [-0.3, -0.25) is 4.79 Å². The first-order valence-corrected chi connectivity index (χ1v) is 9.98. The highest BCUT2D eigenvalue weighted by molar-refractivity contribution is 7.13. The van der Waals surface area contributed by atoms with E-state index >= 15 is 0 Å². The molecule has 0 radical (unpaired) electrons. The summed E-state index contributed by atoms with van der Waals surface area (Å²) in [5.74, 6) is 1.11. The number of hydrogen-bond donors (Lipinski definition) is 3. The molecular formula is C18H26N2O3S. The number of carbonyl (C=O) groups excluding carboxylic acids is 1. The molecule has 5 nitrogen and oxygen atoms in total. The minimum absolute atomic E-state index is 0.0351. The van der Waals surface area contributed by atoms with Crippen LogP contribution in [0.3, 0.4) is 0 Å². The topological polar surface area (TPSA) is 82.5 Å². The maximum Gasteiger partial charge on any atom is 0.263 e. The van der Waals surface area contributed by atoms with Crippen molar-refractivity contribution in [3.8, 4) is 0 Å². The minimum atomic E-state index is -0.621. The van der Waals surface area contributed by atoms with Crippen LogP contribution in [0.5, 0.6) is 0 Å². The standard InChI is InChI=1S/C18H26N2O3S/c1-9-16(24-18(20-9)10-4-2-3-5-10)17(23)19-8-12-6-11-7-13(12)15(22)14(11)21/h10-15,21-22H,2-8H2,1H3,(H,19,23)/t11-,12-,13-,14+,15-/m0/s1. The Morgan fingerprint density at radius 3 is 2.67 bits per heavy atom. The molecule has 3 aliphatic rings. The Hall–Kier alpha value is -0.980. The highest BCUT2D eigenvalue weighted by Gasteiger charge is 2.51. The molecule has 0 aromatic carbocycles. The third-order valence-corrected chi connectivity index (χ3v) is 7.62. The van der Waals surface area contributed by atoms with Gasteiger partial charge in [-0.1, -0.05) is 12.8 Å². The molecule has 132 valence electrons. The van der Waals surface area contributed by atoms with Gasteiger partial charge in [0, 0.05) is 12.5 Å². The van der Waals surface area contributed by atoms with Crippen LogP contribution in [0.1, 0.15) is 64.8 Å². The summed E-state index contributed by atoms with van der Waals surface area (Å²) in [5, 5.41) is 24.1. The molecule has 24 heavy (non-hydrogen) atoms. The van der Waals surface area contributed by atoms with Gasteiger partial charge in [0.15, 0.2) is 0 Å². The van der Waals surface area contributed by atoms with Crippen LogP contribution in [0, 0.1) is 24.7 Å². The fourth-order valence-electron chi connectivity index (χ4n) is 4.95. The molecule has 3 fully saturated rings. The highest BCUT2D eigenvalue weighted by Crippen LogP contribution is 2.48. The second-order valence-corrected chi connectivity index (χ2v) is 8.83. The Kier molecular flexibility index (Phi) is 4.39. The molecular weight excluding hydrogens is 324 g/mol. The maximum absolute atomic E-state index is 12.5. The molecule has 3 saturated carbocycles. The lowest BCUT2D eigenvalue weighted by molar-refractivity contribution is -0.0332. The molecule has 1 heterocycles. The van der Waals surface area contributed by atoms with Crippen LogP contribution in [0.25, 0.3) is 0 Å². The van der Waals surface area contributed by atoms with Gasteiger partial charge < -0.3 is 15.5 Å². The lowest BCUT2D eigenvalue weighted by Crippen LogP contribution is -2.41. The normalized spacial score (nSPS) is 35.7. The number of amides is 1. The molecule has 0 unspecified atom stereocenters. The van der Waals surface area contributed by atoms with Crippen molar-refractivity contribution in [2.75, 3.05) is 6.54 Å². The average Bonchev–Trinajstić information content (AvgIpc) is 3.31. The number of fused-ring (bicyclic) bond motifs is 2. The molecule has 0 spiro atoms. The lowest BCUT2D eigenvalue weighted by atomic mass is 9.85. The van der Waals surface area contributed by atoms with Crippen LogP contribution < -0.4 is 5.32 Å². The lowest BCUT2D eigenvalue weighted by Gasteiger charge is -2.29. The summed E-state index contributed by atoms with van der Waals surface area (Å²) in [6.07, 6.45) is 5.52. The molecule has 3 aliphatic carbocycles. The van der Waals surface area contributed by atoms with Crippen molar-refractivity contribution in [3.63, 3.8) is 0 Å². The zero-order valence-corrected chi connectivity index (χ0v) is 14.9. The van der Waals surface area contributed by atoms with E-state index in [1.54, 1.807) is 11.3 Å². The number of aliphatic hydroxyl groups is 2. The molecule has 2 bridgehead atoms. The predicted octanol–water partition coefficient (Wildman–Crippen LogP) is 2.22. The van der Waals surface area contributed by atoms with Gasteiger partial charge in [-0.25, -0.2) is 4.98 Å². The molecule has 1 aromatic heterocycles. The molecule has 6 heteroatoms. The Labute approximate surface area is 146 Å². The number of carbonyl (C=O) groups is 1. The van der Waals surface area contributed by atoms with Crippen molar-refractivity contribution >= 4 is 17.2 Å². The van der Waals surface area contributed by atoms with Crippen LogP contribution in [-0.4, -0.2) is 39.9 Å². The van der Waals surface area contributed by atoms with Crippen LogP contribution in [0.2, 0.25) is 0 Å². The van der Waals surface area contributed by atoms with Crippen molar-refractivity contribution in [3.05, 3.63) is 15.6 Å². The van der Waals surface area contributed by atoms with Crippen molar-refractivity contribution in [1.29, 1.82) is 0 Å². The minimum Gasteiger partial charge on any atom is -0.390 e. The second kappa shape index (κ2) is 6.39. The smallest absolute Gasteiger partial charge is 0.263 e.